The maximum atomic E-state index is 11.9. The van der Waals surface area contributed by atoms with Crippen molar-refractivity contribution in [2.45, 2.75) is 38.6 Å². The molecule has 0 bridgehead atoms. The molecular weight excluding hydrogens is 304 g/mol. The summed E-state index contributed by atoms with van der Waals surface area (Å²) in [5, 5.41) is 3.31. The summed E-state index contributed by atoms with van der Waals surface area (Å²) in [5.74, 6) is -0.395. The Hall–Kier alpha value is -1.75. The van der Waals surface area contributed by atoms with E-state index in [-0.39, 0.29) is 24.1 Å². The zero-order valence-corrected chi connectivity index (χ0v) is 13.4. The number of nitrogen functional groups attached to an aromatic ring is 1. The van der Waals surface area contributed by atoms with Crippen molar-refractivity contribution in [2.24, 2.45) is 5.92 Å². The van der Waals surface area contributed by atoms with Crippen LogP contribution in [0.5, 0.6) is 0 Å². The van der Waals surface area contributed by atoms with Crippen molar-refractivity contribution in [2.75, 3.05) is 12.3 Å². The molecule has 1 aliphatic carbocycles. The van der Waals surface area contributed by atoms with E-state index in [1.165, 1.54) is 24.6 Å². The van der Waals surface area contributed by atoms with Gasteiger partial charge < -0.3 is 15.8 Å². The molecule has 1 amide bonds. The summed E-state index contributed by atoms with van der Waals surface area (Å²) in [6.07, 6.45) is 4.43. The molecule has 6 heteroatoms. The zero-order chi connectivity index (χ0) is 16.1. The van der Waals surface area contributed by atoms with E-state index in [4.69, 9.17) is 22.1 Å². The average Bonchev–Trinajstić information content (AvgIpc) is 2.50. The van der Waals surface area contributed by atoms with Crippen molar-refractivity contribution in [3.05, 3.63) is 28.8 Å². The quantitative estimate of drug-likeness (QED) is 0.659. The van der Waals surface area contributed by atoms with Gasteiger partial charge in [0.15, 0.2) is 6.61 Å². The van der Waals surface area contributed by atoms with Gasteiger partial charge in [-0.05, 0) is 37.0 Å². The third kappa shape index (κ3) is 4.37. The predicted molar refractivity (Wildman–Crippen MR) is 85.7 cm³/mol. The Bertz CT molecular complexity index is 562. The first-order valence-corrected chi connectivity index (χ1v) is 7.86. The van der Waals surface area contributed by atoms with Crippen molar-refractivity contribution in [3.63, 3.8) is 0 Å². The lowest BCUT2D eigenvalue weighted by molar-refractivity contribution is -0.125. The Morgan fingerprint density at radius 3 is 2.77 bits per heavy atom. The molecule has 1 fully saturated rings. The summed E-state index contributed by atoms with van der Waals surface area (Å²) in [4.78, 5) is 23.7. The van der Waals surface area contributed by atoms with E-state index >= 15 is 0 Å². The molecule has 5 nitrogen and oxygen atoms in total. The molecule has 0 spiro atoms. The average molecular weight is 325 g/mol. The first kappa shape index (κ1) is 16.6. The third-order valence-corrected chi connectivity index (χ3v) is 4.37. The highest BCUT2D eigenvalue weighted by Gasteiger charge is 2.23. The Morgan fingerprint density at radius 2 is 2.09 bits per heavy atom. The number of carbonyl (C=O) groups excluding carboxylic acids is 2. The number of rotatable bonds is 4. The van der Waals surface area contributed by atoms with E-state index in [1.54, 1.807) is 0 Å². The molecule has 2 rings (SSSR count). The molecule has 2 atom stereocenters. The lowest BCUT2D eigenvalue weighted by atomic mass is 9.86. The fourth-order valence-electron chi connectivity index (χ4n) is 2.66. The van der Waals surface area contributed by atoms with E-state index in [0.717, 1.165) is 19.3 Å². The molecule has 0 aromatic heterocycles. The van der Waals surface area contributed by atoms with Gasteiger partial charge in [-0.3, -0.25) is 4.79 Å². The van der Waals surface area contributed by atoms with Crippen LogP contribution in [0.2, 0.25) is 5.02 Å². The highest BCUT2D eigenvalue weighted by atomic mass is 35.5. The van der Waals surface area contributed by atoms with Crippen LogP contribution >= 0.6 is 11.6 Å². The molecule has 0 radical (unpaired) electrons. The van der Waals surface area contributed by atoms with Crippen molar-refractivity contribution < 1.29 is 14.3 Å². The van der Waals surface area contributed by atoms with Crippen LogP contribution in [-0.4, -0.2) is 24.5 Å². The van der Waals surface area contributed by atoms with E-state index in [1.807, 2.05) is 0 Å². The molecule has 1 aliphatic rings. The van der Waals surface area contributed by atoms with Gasteiger partial charge >= 0.3 is 5.97 Å². The standard InChI is InChI=1S/C16H21ClN2O3/c1-10-4-2-3-5-14(10)19-15(20)9-22-16(21)11-6-7-12(17)13(18)8-11/h6-8,10,14H,2-5,9,18H2,1H3,(H,19,20)/t10-,14+/m1/s1. The van der Waals surface area contributed by atoms with Crippen LogP contribution in [0.1, 0.15) is 43.0 Å². The van der Waals surface area contributed by atoms with Gasteiger partial charge in [0, 0.05) is 6.04 Å². The lowest BCUT2D eigenvalue weighted by Crippen LogP contribution is -2.42. The summed E-state index contributed by atoms with van der Waals surface area (Å²) >= 11 is 5.79. The Morgan fingerprint density at radius 1 is 1.36 bits per heavy atom. The van der Waals surface area contributed by atoms with E-state index < -0.39 is 5.97 Å². The number of hydrogen-bond donors (Lipinski definition) is 2. The van der Waals surface area contributed by atoms with Crippen molar-refractivity contribution in [1.82, 2.24) is 5.32 Å². The second-order valence-corrected chi connectivity index (χ2v) is 6.16. The molecule has 1 aromatic rings. The van der Waals surface area contributed by atoms with Gasteiger partial charge in [0.25, 0.3) is 5.91 Å². The number of hydrogen-bond acceptors (Lipinski definition) is 4. The summed E-state index contributed by atoms with van der Waals surface area (Å²) in [6, 6.07) is 4.65. The van der Waals surface area contributed by atoms with Gasteiger partial charge in [-0.15, -0.1) is 0 Å². The van der Waals surface area contributed by atoms with Crippen LogP contribution in [-0.2, 0) is 9.53 Å². The number of ether oxygens (including phenoxy) is 1. The second kappa shape index (κ2) is 7.49. The van der Waals surface area contributed by atoms with Crippen LogP contribution in [0.3, 0.4) is 0 Å². The largest absolute Gasteiger partial charge is 0.452 e. The Kier molecular flexibility index (Phi) is 5.66. The minimum atomic E-state index is -0.588. The molecule has 0 heterocycles. The normalized spacial score (nSPS) is 21.2. The number of carbonyl (C=O) groups is 2. The predicted octanol–water partition coefficient (Wildman–Crippen LogP) is 2.77. The first-order chi connectivity index (χ1) is 10.5. The molecular formula is C16H21ClN2O3. The summed E-state index contributed by atoms with van der Waals surface area (Å²) in [7, 11) is 0. The van der Waals surface area contributed by atoms with Crippen LogP contribution in [0.15, 0.2) is 18.2 Å². The lowest BCUT2D eigenvalue weighted by Gasteiger charge is -2.29. The van der Waals surface area contributed by atoms with Crippen molar-refractivity contribution in [1.29, 1.82) is 0 Å². The minimum Gasteiger partial charge on any atom is -0.452 e. The fraction of sp³-hybridized carbons (Fsp3) is 0.500. The van der Waals surface area contributed by atoms with Crippen LogP contribution < -0.4 is 11.1 Å². The van der Waals surface area contributed by atoms with Gasteiger partial charge in [0.05, 0.1) is 16.3 Å². The number of halogens is 1. The fourth-order valence-corrected chi connectivity index (χ4v) is 2.78. The number of benzene rings is 1. The van der Waals surface area contributed by atoms with Crippen LogP contribution in [0.25, 0.3) is 0 Å². The summed E-state index contributed by atoms with van der Waals surface area (Å²) < 4.78 is 5.01. The highest BCUT2D eigenvalue weighted by molar-refractivity contribution is 6.33. The van der Waals surface area contributed by atoms with Crippen molar-refractivity contribution >= 4 is 29.2 Å². The molecule has 1 saturated carbocycles. The second-order valence-electron chi connectivity index (χ2n) is 5.75. The molecule has 0 unspecified atom stereocenters. The van der Waals surface area contributed by atoms with Gasteiger partial charge in [-0.2, -0.15) is 0 Å². The van der Waals surface area contributed by atoms with Crippen LogP contribution in [0, 0.1) is 5.92 Å². The molecule has 0 saturated heterocycles. The van der Waals surface area contributed by atoms with Gasteiger partial charge in [-0.1, -0.05) is 31.4 Å². The minimum absolute atomic E-state index is 0.172. The molecule has 0 aliphatic heterocycles. The van der Waals surface area contributed by atoms with Gasteiger partial charge in [-0.25, -0.2) is 4.79 Å². The summed E-state index contributed by atoms with van der Waals surface area (Å²) in [6.45, 7) is 1.84. The molecule has 120 valence electrons. The maximum Gasteiger partial charge on any atom is 0.338 e. The molecule has 3 N–H and O–H groups in total. The van der Waals surface area contributed by atoms with E-state index in [9.17, 15) is 9.59 Å². The SMILES string of the molecule is C[C@@H]1CCCC[C@@H]1NC(=O)COC(=O)c1ccc(Cl)c(N)c1. The number of nitrogens with two attached hydrogens (primary N) is 1. The number of amides is 1. The number of nitrogens with one attached hydrogen (secondary N) is 1. The molecule has 1 aromatic carbocycles. The van der Waals surface area contributed by atoms with Gasteiger partial charge in [0.1, 0.15) is 0 Å². The topological polar surface area (TPSA) is 81.4 Å². The molecule has 22 heavy (non-hydrogen) atoms. The Labute approximate surface area is 135 Å². The maximum absolute atomic E-state index is 11.9. The number of esters is 1. The van der Waals surface area contributed by atoms with Crippen LogP contribution in [0.4, 0.5) is 5.69 Å². The highest BCUT2D eigenvalue weighted by Crippen LogP contribution is 2.23. The Balaban J connectivity index is 1.82. The smallest absolute Gasteiger partial charge is 0.338 e. The number of anilines is 1. The zero-order valence-electron chi connectivity index (χ0n) is 12.6. The van der Waals surface area contributed by atoms with E-state index in [2.05, 4.69) is 12.2 Å². The van der Waals surface area contributed by atoms with E-state index in [0.29, 0.717) is 16.6 Å². The monoisotopic (exact) mass is 324 g/mol. The third-order valence-electron chi connectivity index (χ3n) is 4.02. The first-order valence-electron chi connectivity index (χ1n) is 7.49. The summed E-state index contributed by atoms with van der Waals surface area (Å²) in [5.41, 5.74) is 6.22. The van der Waals surface area contributed by atoms with Gasteiger partial charge in [0.2, 0.25) is 0 Å². The van der Waals surface area contributed by atoms with Crippen molar-refractivity contribution in [3.8, 4) is 0 Å².